The van der Waals surface area contributed by atoms with Gasteiger partial charge in [-0.15, -0.1) is 0 Å². The van der Waals surface area contributed by atoms with E-state index in [4.69, 9.17) is 0 Å². The Hall–Kier alpha value is -2.73. The van der Waals surface area contributed by atoms with Crippen molar-refractivity contribution in [3.8, 4) is 0 Å². The van der Waals surface area contributed by atoms with Gasteiger partial charge in [0.1, 0.15) is 0 Å². The molecule has 0 saturated carbocycles. The van der Waals surface area contributed by atoms with Crippen molar-refractivity contribution in [3.63, 3.8) is 0 Å². The maximum Gasteiger partial charge on any atom is 0.257 e. The molecule has 3 rings (SSSR count). The Balaban J connectivity index is 1.79. The molecule has 0 aliphatic heterocycles. The number of hydrogen-bond acceptors (Lipinski definition) is 4. The van der Waals surface area contributed by atoms with Crippen LogP contribution in [0.25, 0.3) is 10.2 Å². The molecule has 0 atom stereocenters. The van der Waals surface area contributed by atoms with Crippen LogP contribution < -0.4 is 10.6 Å². The summed E-state index contributed by atoms with van der Waals surface area (Å²) in [6.07, 6.45) is 2.39. The van der Waals surface area contributed by atoms with Crippen LogP contribution in [0.15, 0.2) is 42.5 Å². The third kappa shape index (κ3) is 4.26. The van der Waals surface area contributed by atoms with Crippen molar-refractivity contribution < 1.29 is 9.59 Å². The summed E-state index contributed by atoms with van der Waals surface area (Å²) in [5, 5.41) is 6.33. The van der Waals surface area contributed by atoms with E-state index in [1.165, 1.54) is 11.3 Å². The molecule has 26 heavy (non-hydrogen) atoms. The van der Waals surface area contributed by atoms with Crippen molar-refractivity contribution in [1.82, 2.24) is 4.98 Å². The number of anilines is 2. The molecule has 0 fully saturated rings. The van der Waals surface area contributed by atoms with Crippen LogP contribution in [0.3, 0.4) is 0 Å². The van der Waals surface area contributed by atoms with Crippen LogP contribution in [0.5, 0.6) is 0 Å². The first-order valence-corrected chi connectivity index (χ1v) is 9.46. The number of aromatic nitrogens is 1. The predicted molar refractivity (Wildman–Crippen MR) is 107 cm³/mol. The Bertz CT molecular complexity index is 935. The maximum atomic E-state index is 12.3. The quantitative estimate of drug-likeness (QED) is 0.645. The van der Waals surface area contributed by atoms with Gasteiger partial charge in [0.2, 0.25) is 5.91 Å². The summed E-state index contributed by atoms with van der Waals surface area (Å²) < 4.78 is 0.930. The van der Waals surface area contributed by atoms with Gasteiger partial charge in [-0.1, -0.05) is 42.9 Å². The number of fused-ring (bicyclic) bond motifs is 1. The molecule has 0 saturated heterocycles. The lowest BCUT2D eigenvalue weighted by Gasteiger charge is -2.06. The molecule has 0 aliphatic carbocycles. The second-order valence-corrected chi connectivity index (χ2v) is 7.16. The van der Waals surface area contributed by atoms with Crippen LogP contribution in [0.4, 0.5) is 10.8 Å². The number of carbonyl (C=O) groups is 2. The molecule has 1 heterocycles. The molecule has 134 valence electrons. The Labute approximate surface area is 156 Å². The van der Waals surface area contributed by atoms with E-state index in [2.05, 4.69) is 22.5 Å². The van der Waals surface area contributed by atoms with Crippen molar-refractivity contribution in [2.45, 2.75) is 33.1 Å². The number of amides is 2. The smallest absolute Gasteiger partial charge is 0.257 e. The van der Waals surface area contributed by atoms with Crippen molar-refractivity contribution in [1.29, 1.82) is 0 Å². The maximum absolute atomic E-state index is 12.3. The molecule has 0 unspecified atom stereocenters. The minimum atomic E-state index is -0.185. The fourth-order valence-electron chi connectivity index (χ4n) is 2.64. The molecule has 1 aromatic heterocycles. The molecular weight excluding hydrogens is 346 g/mol. The largest absolute Gasteiger partial charge is 0.326 e. The molecule has 2 aromatic carbocycles. The summed E-state index contributed by atoms with van der Waals surface area (Å²) >= 11 is 1.40. The topological polar surface area (TPSA) is 71.1 Å². The van der Waals surface area contributed by atoms with Crippen LogP contribution in [0.2, 0.25) is 0 Å². The second kappa shape index (κ2) is 8.10. The molecule has 6 heteroatoms. The van der Waals surface area contributed by atoms with Crippen molar-refractivity contribution in [2.75, 3.05) is 10.6 Å². The standard InChI is InChI=1S/C20H21N3O2S/c1-3-4-10-17(24)21-15-11-13(2)18-16(12-15)26-20(22-18)23-19(25)14-8-6-5-7-9-14/h5-9,11-12H,3-4,10H2,1-2H3,(H,21,24)(H,22,23,25). The SMILES string of the molecule is CCCCC(=O)Nc1cc(C)c2nc(NC(=O)c3ccccc3)sc2c1. The van der Waals surface area contributed by atoms with E-state index >= 15 is 0 Å². The Morgan fingerprint density at radius 3 is 2.62 bits per heavy atom. The molecule has 2 N–H and O–H groups in total. The Morgan fingerprint density at radius 2 is 1.88 bits per heavy atom. The lowest BCUT2D eigenvalue weighted by atomic mass is 10.2. The number of hydrogen-bond donors (Lipinski definition) is 2. The van der Waals surface area contributed by atoms with Gasteiger partial charge in [0.15, 0.2) is 5.13 Å². The molecule has 0 bridgehead atoms. The van der Waals surface area contributed by atoms with E-state index in [0.717, 1.165) is 34.3 Å². The summed E-state index contributed by atoms with van der Waals surface area (Å²) in [5.74, 6) is -0.164. The van der Waals surface area contributed by atoms with Crippen LogP contribution >= 0.6 is 11.3 Å². The van der Waals surface area contributed by atoms with Crippen molar-refractivity contribution in [2.24, 2.45) is 0 Å². The number of thiazole rings is 1. The van der Waals surface area contributed by atoms with E-state index in [-0.39, 0.29) is 11.8 Å². The Morgan fingerprint density at radius 1 is 1.12 bits per heavy atom. The van der Waals surface area contributed by atoms with E-state index < -0.39 is 0 Å². The van der Waals surface area contributed by atoms with Crippen LogP contribution in [0.1, 0.15) is 42.1 Å². The summed E-state index contributed by atoms with van der Waals surface area (Å²) in [6.45, 7) is 4.01. The number of rotatable bonds is 6. The molecule has 3 aromatic rings. The highest BCUT2D eigenvalue weighted by Crippen LogP contribution is 2.31. The number of aryl methyl sites for hydroxylation is 1. The first-order valence-electron chi connectivity index (χ1n) is 8.64. The minimum Gasteiger partial charge on any atom is -0.326 e. The predicted octanol–water partition coefficient (Wildman–Crippen LogP) is 4.99. The molecule has 0 spiro atoms. The first kappa shape index (κ1) is 18.1. The van der Waals surface area contributed by atoms with Crippen LogP contribution in [-0.2, 0) is 4.79 Å². The van der Waals surface area contributed by atoms with Gasteiger partial charge in [-0.05, 0) is 43.2 Å². The molecular formula is C20H21N3O2S. The van der Waals surface area contributed by atoms with Gasteiger partial charge < -0.3 is 5.32 Å². The third-order valence-corrected chi connectivity index (χ3v) is 4.90. The van der Waals surface area contributed by atoms with Gasteiger partial charge in [0, 0.05) is 17.7 Å². The lowest BCUT2D eigenvalue weighted by Crippen LogP contribution is -2.11. The number of carbonyl (C=O) groups excluding carboxylic acids is 2. The van der Waals surface area contributed by atoms with E-state index in [9.17, 15) is 9.59 Å². The summed E-state index contributed by atoms with van der Waals surface area (Å²) in [7, 11) is 0. The second-order valence-electron chi connectivity index (χ2n) is 6.13. The third-order valence-electron chi connectivity index (χ3n) is 3.98. The summed E-state index contributed by atoms with van der Waals surface area (Å²) in [4.78, 5) is 28.8. The molecule has 0 aliphatic rings. The highest BCUT2D eigenvalue weighted by molar-refractivity contribution is 7.22. The zero-order valence-electron chi connectivity index (χ0n) is 14.8. The van der Waals surface area contributed by atoms with Crippen molar-refractivity contribution >= 4 is 44.2 Å². The molecule has 5 nitrogen and oxygen atoms in total. The highest BCUT2D eigenvalue weighted by atomic mass is 32.1. The van der Waals surface area contributed by atoms with Gasteiger partial charge >= 0.3 is 0 Å². The zero-order valence-corrected chi connectivity index (χ0v) is 15.7. The van der Waals surface area contributed by atoms with Crippen molar-refractivity contribution in [3.05, 3.63) is 53.6 Å². The summed E-state index contributed by atoms with van der Waals surface area (Å²) in [6, 6.07) is 12.9. The number of nitrogens with one attached hydrogen (secondary N) is 2. The van der Waals surface area contributed by atoms with Gasteiger partial charge in [-0.25, -0.2) is 4.98 Å². The summed E-state index contributed by atoms with van der Waals surface area (Å²) in [5.41, 5.74) is 3.16. The van der Waals surface area contributed by atoms with Gasteiger partial charge in [0.05, 0.1) is 10.2 Å². The first-order chi connectivity index (χ1) is 12.6. The number of benzene rings is 2. The fourth-order valence-corrected chi connectivity index (χ4v) is 3.62. The monoisotopic (exact) mass is 367 g/mol. The zero-order chi connectivity index (χ0) is 18.5. The Kier molecular flexibility index (Phi) is 5.63. The van der Waals surface area contributed by atoms with Gasteiger partial charge in [0.25, 0.3) is 5.91 Å². The average molecular weight is 367 g/mol. The van der Waals surface area contributed by atoms with E-state index in [1.54, 1.807) is 12.1 Å². The van der Waals surface area contributed by atoms with Crippen LogP contribution in [0, 0.1) is 6.92 Å². The van der Waals surface area contributed by atoms with Gasteiger partial charge in [-0.3, -0.25) is 14.9 Å². The molecule has 0 radical (unpaired) electrons. The minimum absolute atomic E-state index is 0.0210. The number of unbranched alkanes of at least 4 members (excludes halogenated alkanes) is 1. The lowest BCUT2D eigenvalue weighted by molar-refractivity contribution is -0.116. The average Bonchev–Trinajstić information content (AvgIpc) is 3.03. The normalized spacial score (nSPS) is 10.7. The molecule has 2 amide bonds. The van der Waals surface area contributed by atoms with E-state index in [0.29, 0.717) is 17.1 Å². The fraction of sp³-hybridized carbons (Fsp3) is 0.250. The van der Waals surface area contributed by atoms with Crippen LogP contribution in [-0.4, -0.2) is 16.8 Å². The number of nitrogens with zero attached hydrogens (tertiary/aromatic N) is 1. The highest BCUT2D eigenvalue weighted by Gasteiger charge is 2.12. The van der Waals surface area contributed by atoms with E-state index in [1.807, 2.05) is 37.3 Å². The van der Waals surface area contributed by atoms with Gasteiger partial charge in [-0.2, -0.15) is 0 Å².